The summed E-state index contributed by atoms with van der Waals surface area (Å²) in [5.74, 6) is -1.10. The van der Waals surface area contributed by atoms with Crippen molar-refractivity contribution < 1.29 is 18.7 Å². The topological polar surface area (TPSA) is 74.6 Å². The van der Waals surface area contributed by atoms with Gasteiger partial charge < -0.3 is 9.66 Å². The summed E-state index contributed by atoms with van der Waals surface area (Å²) in [5, 5.41) is 9.41. The molecule has 7 heteroatoms. The van der Waals surface area contributed by atoms with E-state index in [1.54, 1.807) is 12.1 Å². The summed E-state index contributed by atoms with van der Waals surface area (Å²) in [5.41, 5.74) is 0.816. The molecule has 0 aliphatic rings. The molecule has 19 heavy (non-hydrogen) atoms. The summed E-state index contributed by atoms with van der Waals surface area (Å²) in [6.45, 7) is 1.81. The Hall–Kier alpha value is -0.950. The molecule has 2 N–H and O–H groups in total. The summed E-state index contributed by atoms with van der Waals surface area (Å²) in [7, 11) is 0. The van der Waals surface area contributed by atoms with E-state index < -0.39 is 22.3 Å². The second-order valence-corrected chi connectivity index (χ2v) is 6.74. The third-order valence-corrected chi connectivity index (χ3v) is 5.49. The van der Waals surface area contributed by atoms with Gasteiger partial charge >= 0.3 is 5.97 Å². The van der Waals surface area contributed by atoms with Gasteiger partial charge in [-0.2, -0.15) is 0 Å². The van der Waals surface area contributed by atoms with Crippen LogP contribution in [0.3, 0.4) is 0 Å². The van der Waals surface area contributed by atoms with E-state index in [0.717, 1.165) is 15.6 Å². The van der Waals surface area contributed by atoms with Gasteiger partial charge in [0.05, 0.1) is 6.42 Å². The van der Waals surface area contributed by atoms with Crippen molar-refractivity contribution in [3.63, 3.8) is 0 Å². The maximum Gasteiger partial charge on any atom is 0.305 e. The normalized spacial score (nSPS) is 14.5. The Bertz CT molecular complexity index is 665. The van der Waals surface area contributed by atoms with Crippen molar-refractivity contribution >= 4 is 50.1 Å². The molecular formula is C12H11ClO4S2. The molecule has 0 saturated heterocycles. The van der Waals surface area contributed by atoms with Crippen molar-refractivity contribution in [2.75, 3.05) is 0 Å². The first-order chi connectivity index (χ1) is 8.90. The lowest BCUT2D eigenvalue weighted by atomic mass is 10.1. The van der Waals surface area contributed by atoms with Crippen LogP contribution in [-0.2, 0) is 15.9 Å². The molecule has 2 unspecified atom stereocenters. The molecule has 1 heterocycles. The molecule has 2 aromatic rings. The van der Waals surface area contributed by atoms with Crippen LogP contribution in [0.15, 0.2) is 18.2 Å². The molecule has 4 nitrogen and oxygen atoms in total. The summed E-state index contributed by atoms with van der Waals surface area (Å²) in [6.07, 6.45) is -0.371. The zero-order valence-electron chi connectivity index (χ0n) is 9.92. The van der Waals surface area contributed by atoms with Crippen molar-refractivity contribution in [2.45, 2.75) is 18.6 Å². The molecule has 0 aliphatic carbocycles. The number of benzene rings is 1. The van der Waals surface area contributed by atoms with Crippen LogP contribution in [-0.4, -0.2) is 19.8 Å². The van der Waals surface area contributed by atoms with Gasteiger partial charge in [0.2, 0.25) is 0 Å². The van der Waals surface area contributed by atoms with Gasteiger partial charge in [0.15, 0.2) is 11.1 Å². The average molecular weight is 319 g/mol. The zero-order chi connectivity index (χ0) is 14.2. The molecule has 0 radical (unpaired) electrons. The molecule has 1 aromatic carbocycles. The van der Waals surface area contributed by atoms with Gasteiger partial charge in [0, 0.05) is 14.6 Å². The fourth-order valence-electron chi connectivity index (χ4n) is 1.93. The fourth-order valence-corrected chi connectivity index (χ4v) is 4.31. The number of thiophene rings is 1. The molecule has 0 aliphatic heterocycles. The van der Waals surface area contributed by atoms with Crippen LogP contribution in [0.25, 0.3) is 10.1 Å². The van der Waals surface area contributed by atoms with Crippen LogP contribution < -0.4 is 0 Å². The smallest absolute Gasteiger partial charge is 0.305 e. The molecule has 0 saturated carbocycles. The lowest BCUT2D eigenvalue weighted by Crippen LogP contribution is -2.10. The zero-order valence-corrected chi connectivity index (χ0v) is 12.3. The molecule has 0 bridgehead atoms. The number of fused-ring (bicyclic) bond motifs is 1. The lowest BCUT2D eigenvalue weighted by Gasteiger charge is -2.09. The van der Waals surface area contributed by atoms with Gasteiger partial charge in [-0.05, 0) is 36.1 Å². The monoisotopic (exact) mass is 318 g/mol. The van der Waals surface area contributed by atoms with Gasteiger partial charge in [0.25, 0.3) is 0 Å². The molecule has 2 atom stereocenters. The average Bonchev–Trinajstić information content (AvgIpc) is 2.63. The minimum Gasteiger partial charge on any atom is -0.481 e. The predicted octanol–water partition coefficient (Wildman–Crippen LogP) is 3.60. The Morgan fingerprint density at radius 2 is 2.21 bits per heavy atom. The Morgan fingerprint density at radius 1 is 1.53 bits per heavy atom. The van der Waals surface area contributed by atoms with E-state index in [9.17, 15) is 13.6 Å². The summed E-state index contributed by atoms with van der Waals surface area (Å²) in [4.78, 5) is 11.4. The minimum atomic E-state index is -2.22. The van der Waals surface area contributed by atoms with Crippen molar-refractivity contribution in [1.82, 2.24) is 0 Å². The first-order valence-electron chi connectivity index (χ1n) is 5.40. The number of halogens is 1. The number of carboxylic acids is 1. The van der Waals surface area contributed by atoms with Gasteiger partial charge in [-0.15, -0.1) is 11.3 Å². The standard InChI is InChI=1S/C12H11ClO4S2/c1-6-8-4-7(13)2-3-9(8)18-12(6)10(19(16)17)5-11(14)15/h2-4,10H,5H2,1H3,(H,14,15)(H,16,17). The van der Waals surface area contributed by atoms with Crippen LogP contribution in [0, 0.1) is 6.92 Å². The molecule has 0 amide bonds. The van der Waals surface area contributed by atoms with Crippen molar-refractivity contribution in [3.05, 3.63) is 33.7 Å². The molecule has 1 aromatic heterocycles. The third-order valence-electron chi connectivity index (χ3n) is 2.83. The molecule has 0 fully saturated rings. The highest BCUT2D eigenvalue weighted by atomic mass is 35.5. The van der Waals surface area contributed by atoms with E-state index in [0.29, 0.717) is 9.90 Å². The number of rotatable bonds is 4. The van der Waals surface area contributed by atoms with Gasteiger partial charge in [0.1, 0.15) is 5.25 Å². The van der Waals surface area contributed by atoms with E-state index >= 15 is 0 Å². The van der Waals surface area contributed by atoms with E-state index in [1.165, 1.54) is 11.3 Å². The Labute approximate surface area is 121 Å². The first kappa shape index (κ1) is 14.5. The number of hydrogen-bond acceptors (Lipinski definition) is 3. The van der Waals surface area contributed by atoms with Crippen molar-refractivity contribution in [2.24, 2.45) is 0 Å². The Morgan fingerprint density at radius 3 is 2.79 bits per heavy atom. The van der Waals surface area contributed by atoms with E-state index in [1.807, 2.05) is 13.0 Å². The number of aliphatic carboxylic acids is 1. The molecule has 0 spiro atoms. The van der Waals surface area contributed by atoms with Gasteiger partial charge in [-0.3, -0.25) is 4.79 Å². The fraction of sp³-hybridized carbons (Fsp3) is 0.250. The summed E-state index contributed by atoms with van der Waals surface area (Å²) < 4.78 is 21.6. The van der Waals surface area contributed by atoms with Crippen LogP contribution >= 0.6 is 22.9 Å². The van der Waals surface area contributed by atoms with Crippen molar-refractivity contribution in [3.8, 4) is 0 Å². The second-order valence-electron chi connectivity index (χ2n) is 4.09. The Balaban J connectivity index is 2.57. The van der Waals surface area contributed by atoms with Crippen LogP contribution in [0.2, 0.25) is 5.02 Å². The highest BCUT2D eigenvalue weighted by molar-refractivity contribution is 7.79. The number of carbonyl (C=O) groups is 1. The largest absolute Gasteiger partial charge is 0.481 e. The Kier molecular flexibility index (Phi) is 4.25. The van der Waals surface area contributed by atoms with Crippen LogP contribution in [0.4, 0.5) is 0 Å². The number of hydrogen-bond donors (Lipinski definition) is 2. The highest BCUT2D eigenvalue weighted by Crippen LogP contribution is 2.39. The van der Waals surface area contributed by atoms with E-state index in [-0.39, 0.29) is 6.42 Å². The predicted molar refractivity (Wildman–Crippen MR) is 77.3 cm³/mol. The van der Waals surface area contributed by atoms with Crippen LogP contribution in [0.5, 0.6) is 0 Å². The van der Waals surface area contributed by atoms with Crippen molar-refractivity contribution in [1.29, 1.82) is 0 Å². The van der Waals surface area contributed by atoms with E-state index in [2.05, 4.69) is 0 Å². The SMILES string of the molecule is Cc1c(C(CC(=O)O)S(=O)O)sc2ccc(Cl)cc12. The number of aryl methyl sites for hydroxylation is 1. The molecule has 102 valence electrons. The third kappa shape index (κ3) is 2.97. The second kappa shape index (κ2) is 5.58. The van der Waals surface area contributed by atoms with Crippen LogP contribution in [0.1, 0.15) is 22.1 Å². The quantitative estimate of drug-likeness (QED) is 0.845. The van der Waals surface area contributed by atoms with Gasteiger partial charge in [-0.1, -0.05) is 11.6 Å². The lowest BCUT2D eigenvalue weighted by molar-refractivity contribution is -0.137. The van der Waals surface area contributed by atoms with Gasteiger partial charge in [-0.25, -0.2) is 4.21 Å². The maximum absolute atomic E-state index is 11.4. The van der Waals surface area contributed by atoms with E-state index in [4.69, 9.17) is 16.7 Å². The summed E-state index contributed by atoms with van der Waals surface area (Å²) in [6, 6.07) is 5.35. The molecular weight excluding hydrogens is 308 g/mol. The number of carboxylic acid groups (broad SMARTS) is 1. The highest BCUT2D eigenvalue weighted by Gasteiger charge is 2.26. The molecule has 2 rings (SSSR count). The summed E-state index contributed by atoms with van der Waals surface area (Å²) >= 11 is 5.04. The first-order valence-corrected chi connectivity index (χ1v) is 7.76. The minimum absolute atomic E-state index is 0.371. The maximum atomic E-state index is 11.4.